The summed E-state index contributed by atoms with van der Waals surface area (Å²) in [6.07, 6.45) is 0. The van der Waals surface area contributed by atoms with Gasteiger partial charge < -0.3 is 21.1 Å². The lowest BCUT2D eigenvalue weighted by atomic mass is 10.1. The highest BCUT2D eigenvalue weighted by Gasteiger charge is 2.20. The summed E-state index contributed by atoms with van der Waals surface area (Å²) >= 11 is 3.37. The molecule has 1 aliphatic rings. The smallest absolute Gasteiger partial charge is 0.253 e. The number of ether oxygens (including phenoxy) is 1. The van der Waals surface area contributed by atoms with E-state index in [1.807, 2.05) is 19.1 Å². The van der Waals surface area contributed by atoms with Crippen LogP contribution in [0.25, 0.3) is 0 Å². The van der Waals surface area contributed by atoms with Crippen molar-refractivity contribution in [1.82, 2.24) is 10.2 Å². The van der Waals surface area contributed by atoms with Crippen molar-refractivity contribution in [3.63, 3.8) is 0 Å². The van der Waals surface area contributed by atoms with Gasteiger partial charge in [0.2, 0.25) is 5.91 Å². The fourth-order valence-electron chi connectivity index (χ4n) is 3.61. The van der Waals surface area contributed by atoms with Gasteiger partial charge in [0.15, 0.2) is 11.6 Å². The number of halogens is 3. The third kappa shape index (κ3) is 8.34. The molecule has 37 heavy (non-hydrogen) atoms. The normalized spacial score (nSPS) is 13.3. The van der Waals surface area contributed by atoms with Gasteiger partial charge in [0.05, 0.1) is 24.5 Å². The maximum atomic E-state index is 14.5. The van der Waals surface area contributed by atoms with Crippen molar-refractivity contribution >= 4 is 39.1 Å². The van der Waals surface area contributed by atoms with Gasteiger partial charge in [-0.2, -0.15) is 0 Å². The highest BCUT2D eigenvalue weighted by molar-refractivity contribution is 9.10. The van der Waals surface area contributed by atoms with Crippen molar-refractivity contribution in [2.75, 3.05) is 44.7 Å². The molecular formula is C27H29BrF2N4O3. The first-order valence-corrected chi connectivity index (χ1v) is 12.5. The van der Waals surface area contributed by atoms with E-state index in [-0.39, 0.29) is 17.2 Å². The number of nitrogens with one attached hydrogen (secondary N) is 2. The molecule has 1 fully saturated rings. The van der Waals surface area contributed by atoms with Crippen molar-refractivity contribution in [3.8, 4) is 0 Å². The molecule has 0 radical (unpaired) electrons. The molecule has 1 heterocycles. The Morgan fingerprint density at radius 3 is 2.38 bits per heavy atom. The number of nitrogens with two attached hydrogens (primary N) is 1. The Balaban J connectivity index is 0.000000356. The van der Waals surface area contributed by atoms with E-state index in [2.05, 4.69) is 31.5 Å². The zero-order valence-electron chi connectivity index (χ0n) is 20.4. The molecule has 10 heteroatoms. The Labute approximate surface area is 223 Å². The van der Waals surface area contributed by atoms with Gasteiger partial charge in [0, 0.05) is 41.9 Å². The summed E-state index contributed by atoms with van der Waals surface area (Å²) in [5, 5.41) is 5.66. The van der Waals surface area contributed by atoms with Crippen LogP contribution in [0.4, 0.5) is 20.2 Å². The van der Waals surface area contributed by atoms with Gasteiger partial charge in [-0.1, -0.05) is 34.1 Å². The van der Waals surface area contributed by atoms with Crippen molar-refractivity contribution in [2.45, 2.75) is 6.92 Å². The highest BCUT2D eigenvalue weighted by atomic mass is 79.9. The van der Waals surface area contributed by atoms with Gasteiger partial charge in [-0.3, -0.25) is 14.5 Å². The summed E-state index contributed by atoms with van der Waals surface area (Å²) in [6.45, 7) is 5.91. The van der Waals surface area contributed by atoms with Gasteiger partial charge in [-0.25, -0.2) is 8.78 Å². The van der Waals surface area contributed by atoms with Gasteiger partial charge in [0.25, 0.3) is 5.91 Å². The number of primary amides is 1. The average Bonchev–Trinajstić information content (AvgIpc) is 2.89. The highest BCUT2D eigenvalue weighted by Crippen LogP contribution is 2.29. The first kappa shape index (κ1) is 28.2. The lowest BCUT2D eigenvalue weighted by Crippen LogP contribution is -2.41. The second kappa shape index (κ2) is 13.8. The molecule has 0 saturated carbocycles. The number of hydrogen-bond donors (Lipinski definition) is 3. The SMILES string of the molecule is Cc1cc(Br)ccc1Nc1c(C(=O)NCCN2CCOCC2)ccc(F)c1F.NC(=O)c1ccccc1. The summed E-state index contributed by atoms with van der Waals surface area (Å²) in [6, 6.07) is 16.4. The van der Waals surface area contributed by atoms with E-state index in [4.69, 9.17) is 10.5 Å². The van der Waals surface area contributed by atoms with Crippen LogP contribution >= 0.6 is 15.9 Å². The van der Waals surface area contributed by atoms with Crippen molar-refractivity contribution in [3.05, 3.63) is 93.5 Å². The summed E-state index contributed by atoms with van der Waals surface area (Å²) < 4.78 is 34.5. The maximum Gasteiger partial charge on any atom is 0.253 e. The average molecular weight is 575 g/mol. The van der Waals surface area contributed by atoms with E-state index in [1.54, 1.807) is 36.4 Å². The van der Waals surface area contributed by atoms with E-state index < -0.39 is 17.5 Å². The van der Waals surface area contributed by atoms with E-state index in [9.17, 15) is 18.4 Å². The number of carbonyl (C=O) groups excluding carboxylic acids is 2. The molecule has 3 aromatic rings. The third-order valence-electron chi connectivity index (χ3n) is 5.66. The maximum absolute atomic E-state index is 14.5. The first-order valence-electron chi connectivity index (χ1n) is 11.7. The number of nitrogens with zero attached hydrogens (tertiary/aromatic N) is 1. The Hall–Kier alpha value is -3.34. The molecule has 1 saturated heterocycles. The molecule has 0 spiro atoms. The molecule has 4 rings (SSSR count). The summed E-state index contributed by atoms with van der Waals surface area (Å²) in [4.78, 5) is 25.2. The number of benzene rings is 3. The second-order valence-electron chi connectivity index (χ2n) is 8.31. The predicted molar refractivity (Wildman–Crippen MR) is 143 cm³/mol. The molecule has 0 bridgehead atoms. The van der Waals surface area contributed by atoms with E-state index in [1.165, 1.54) is 6.07 Å². The molecule has 0 aromatic heterocycles. The predicted octanol–water partition coefficient (Wildman–Crippen LogP) is 4.63. The Morgan fingerprint density at radius 2 is 1.76 bits per heavy atom. The van der Waals surface area contributed by atoms with Gasteiger partial charge in [-0.05, 0) is 55.0 Å². The van der Waals surface area contributed by atoms with Gasteiger partial charge in [0.1, 0.15) is 0 Å². The molecule has 4 N–H and O–H groups in total. The molecule has 3 aromatic carbocycles. The van der Waals surface area contributed by atoms with Crippen LogP contribution in [-0.4, -0.2) is 56.1 Å². The number of hydrogen-bond acceptors (Lipinski definition) is 5. The van der Waals surface area contributed by atoms with Crippen molar-refractivity contribution < 1.29 is 23.1 Å². The summed E-state index contributed by atoms with van der Waals surface area (Å²) in [5.41, 5.74) is 6.84. The fourth-order valence-corrected chi connectivity index (χ4v) is 4.09. The number of amides is 2. The fraction of sp³-hybridized carbons (Fsp3) is 0.259. The molecule has 7 nitrogen and oxygen atoms in total. The summed E-state index contributed by atoms with van der Waals surface area (Å²) in [5.74, 6) is -2.93. The molecule has 0 atom stereocenters. The molecule has 2 amide bonds. The Bertz CT molecular complexity index is 1220. The van der Waals surface area contributed by atoms with Crippen LogP contribution in [0.15, 0.2) is 65.1 Å². The monoisotopic (exact) mass is 574 g/mol. The van der Waals surface area contributed by atoms with Crippen LogP contribution in [0.3, 0.4) is 0 Å². The lowest BCUT2D eigenvalue weighted by molar-refractivity contribution is 0.0383. The van der Waals surface area contributed by atoms with Crippen LogP contribution in [0, 0.1) is 18.6 Å². The first-order chi connectivity index (χ1) is 17.8. The lowest BCUT2D eigenvalue weighted by Gasteiger charge is -2.26. The van der Waals surface area contributed by atoms with Gasteiger partial charge in [-0.15, -0.1) is 0 Å². The van der Waals surface area contributed by atoms with Crippen LogP contribution in [0.5, 0.6) is 0 Å². The zero-order chi connectivity index (χ0) is 26.8. The number of carbonyl (C=O) groups is 2. The summed E-state index contributed by atoms with van der Waals surface area (Å²) in [7, 11) is 0. The minimum atomic E-state index is -1.08. The Kier molecular flexibility index (Phi) is 10.6. The zero-order valence-corrected chi connectivity index (χ0v) is 22.0. The number of aryl methyl sites for hydroxylation is 1. The standard InChI is InChI=1S/C20H22BrF2N3O2.C7H7NO/c1-13-12-14(21)2-5-17(13)25-19-15(3-4-16(22)18(19)23)20(27)24-6-7-26-8-10-28-11-9-26;8-7(9)6-4-2-1-3-5-6/h2-5,12,25H,6-11H2,1H3,(H,24,27);1-5H,(H2,8,9). The molecule has 196 valence electrons. The third-order valence-corrected chi connectivity index (χ3v) is 6.16. The quantitative estimate of drug-likeness (QED) is 0.382. The largest absolute Gasteiger partial charge is 0.379 e. The molecular weight excluding hydrogens is 546 g/mol. The van der Waals surface area contributed by atoms with Crippen LogP contribution in [-0.2, 0) is 4.74 Å². The molecule has 0 unspecified atom stereocenters. The Morgan fingerprint density at radius 1 is 1.05 bits per heavy atom. The van der Waals surface area contributed by atoms with Crippen molar-refractivity contribution in [1.29, 1.82) is 0 Å². The number of anilines is 2. The van der Waals surface area contributed by atoms with Crippen molar-refractivity contribution in [2.24, 2.45) is 5.73 Å². The van der Waals surface area contributed by atoms with E-state index in [0.29, 0.717) is 37.6 Å². The molecule has 1 aliphatic heterocycles. The van der Waals surface area contributed by atoms with Crippen LogP contribution in [0.2, 0.25) is 0 Å². The number of morpholine rings is 1. The minimum absolute atomic E-state index is 0.0585. The van der Waals surface area contributed by atoms with E-state index in [0.717, 1.165) is 29.2 Å². The van der Waals surface area contributed by atoms with E-state index >= 15 is 0 Å². The van der Waals surface area contributed by atoms with Crippen LogP contribution < -0.4 is 16.4 Å². The molecule has 0 aliphatic carbocycles. The topological polar surface area (TPSA) is 96.7 Å². The second-order valence-corrected chi connectivity index (χ2v) is 9.22. The van der Waals surface area contributed by atoms with Crippen LogP contribution in [0.1, 0.15) is 26.3 Å². The van der Waals surface area contributed by atoms with Gasteiger partial charge >= 0.3 is 0 Å². The number of rotatable bonds is 7. The minimum Gasteiger partial charge on any atom is -0.379 e.